The van der Waals surface area contributed by atoms with Gasteiger partial charge >= 0.3 is 0 Å². The normalized spacial score (nSPS) is 18.2. The van der Waals surface area contributed by atoms with Crippen molar-refractivity contribution in [3.8, 4) is 0 Å². The van der Waals surface area contributed by atoms with Crippen LogP contribution < -0.4 is 9.80 Å². The zero-order chi connectivity index (χ0) is 20.5. The van der Waals surface area contributed by atoms with Gasteiger partial charge in [-0.15, -0.1) is 0 Å². The summed E-state index contributed by atoms with van der Waals surface area (Å²) in [6, 6.07) is 18.8. The number of amides is 2. The van der Waals surface area contributed by atoms with E-state index in [2.05, 4.69) is 5.16 Å². The average Bonchev–Trinajstić information content (AvgIpc) is 3.15. The minimum atomic E-state index is -0.200. The molecule has 0 unspecified atom stereocenters. The molecular formula is C23H23N3O3. The number of anilines is 2. The van der Waals surface area contributed by atoms with Crippen molar-refractivity contribution in [2.24, 2.45) is 0 Å². The quantitative estimate of drug-likeness (QED) is 0.661. The summed E-state index contributed by atoms with van der Waals surface area (Å²) < 4.78 is 5.10. The molecule has 2 atom stereocenters. The smallest absolute Gasteiger partial charge is 0.280 e. The fourth-order valence-corrected chi connectivity index (χ4v) is 4.10. The van der Waals surface area contributed by atoms with Crippen LogP contribution in [-0.2, 0) is 4.79 Å². The van der Waals surface area contributed by atoms with Crippen LogP contribution in [0, 0.1) is 6.92 Å². The molecule has 4 rings (SSSR count). The van der Waals surface area contributed by atoms with E-state index < -0.39 is 0 Å². The Morgan fingerprint density at radius 1 is 1.10 bits per heavy atom. The second-order valence-electron chi connectivity index (χ2n) is 7.38. The highest BCUT2D eigenvalue weighted by molar-refractivity contribution is 6.06. The first kappa shape index (κ1) is 18.9. The van der Waals surface area contributed by atoms with E-state index in [-0.39, 0.29) is 29.6 Å². The van der Waals surface area contributed by atoms with Crippen molar-refractivity contribution >= 4 is 23.2 Å². The van der Waals surface area contributed by atoms with E-state index in [4.69, 9.17) is 4.52 Å². The van der Waals surface area contributed by atoms with Gasteiger partial charge in [0, 0.05) is 30.4 Å². The van der Waals surface area contributed by atoms with Gasteiger partial charge in [0.1, 0.15) is 5.76 Å². The molecule has 0 saturated heterocycles. The SMILES string of the molecule is CC(=O)N(c1ccccc1)[C@H]1C[C@@H](C)N(C(=O)c2cc(C)on2)c2ccccc21. The summed E-state index contributed by atoms with van der Waals surface area (Å²) >= 11 is 0. The lowest BCUT2D eigenvalue weighted by Gasteiger charge is -2.43. The predicted octanol–water partition coefficient (Wildman–Crippen LogP) is 4.52. The standard InChI is InChI=1S/C23H23N3O3/c1-15-13-22(26(17(3)27)18-9-5-4-6-10-18)19-11-7-8-12-21(19)25(15)23(28)20-14-16(2)29-24-20/h4-12,14-15,22H,13H2,1-3H3/t15-,22+/m1/s1. The molecule has 2 amide bonds. The number of hydrogen-bond donors (Lipinski definition) is 0. The maximum absolute atomic E-state index is 13.2. The van der Waals surface area contributed by atoms with E-state index in [1.165, 1.54) is 0 Å². The Bertz CT molecular complexity index is 1040. The van der Waals surface area contributed by atoms with Crippen molar-refractivity contribution in [3.05, 3.63) is 77.7 Å². The van der Waals surface area contributed by atoms with Gasteiger partial charge in [-0.2, -0.15) is 0 Å². The zero-order valence-corrected chi connectivity index (χ0v) is 16.7. The molecule has 0 spiro atoms. The lowest BCUT2D eigenvalue weighted by Crippen LogP contribution is -2.47. The van der Waals surface area contributed by atoms with Gasteiger partial charge < -0.3 is 14.3 Å². The molecule has 148 valence electrons. The van der Waals surface area contributed by atoms with Crippen molar-refractivity contribution in [3.63, 3.8) is 0 Å². The van der Waals surface area contributed by atoms with Crippen LogP contribution in [0.4, 0.5) is 11.4 Å². The number of aromatic nitrogens is 1. The van der Waals surface area contributed by atoms with E-state index in [1.807, 2.05) is 66.4 Å². The van der Waals surface area contributed by atoms with Crippen molar-refractivity contribution in [2.75, 3.05) is 9.80 Å². The second kappa shape index (κ2) is 7.54. The van der Waals surface area contributed by atoms with E-state index in [9.17, 15) is 9.59 Å². The molecule has 0 fully saturated rings. The lowest BCUT2D eigenvalue weighted by molar-refractivity contribution is -0.117. The number of fused-ring (bicyclic) bond motifs is 1. The Hall–Kier alpha value is -3.41. The van der Waals surface area contributed by atoms with Crippen molar-refractivity contribution in [1.29, 1.82) is 0 Å². The lowest BCUT2D eigenvalue weighted by atomic mass is 9.89. The molecule has 2 aromatic carbocycles. The summed E-state index contributed by atoms with van der Waals surface area (Å²) in [6.07, 6.45) is 0.619. The van der Waals surface area contributed by atoms with Gasteiger partial charge in [0.2, 0.25) is 5.91 Å². The molecule has 0 saturated carbocycles. The first-order valence-electron chi connectivity index (χ1n) is 9.68. The van der Waals surface area contributed by atoms with E-state index in [0.717, 1.165) is 16.9 Å². The van der Waals surface area contributed by atoms with Gasteiger partial charge in [0.15, 0.2) is 5.69 Å². The Morgan fingerprint density at radius 3 is 2.45 bits per heavy atom. The van der Waals surface area contributed by atoms with Gasteiger partial charge in [-0.1, -0.05) is 41.6 Å². The Balaban J connectivity index is 1.78. The van der Waals surface area contributed by atoms with Gasteiger partial charge in [-0.25, -0.2) is 0 Å². The molecule has 2 heterocycles. The number of benzene rings is 2. The summed E-state index contributed by atoms with van der Waals surface area (Å²) in [4.78, 5) is 29.4. The number of para-hydroxylation sites is 2. The van der Waals surface area contributed by atoms with Crippen LogP contribution in [0.25, 0.3) is 0 Å². The summed E-state index contributed by atoms with van der Waals surface area (Å²) in [5.74, 6) is 0.362. The molecule has 0 aliphatic carbocycles. The third-order valence-electron chi connectivity index (χ3n) is 5.31. The first-order chi connectivity index (χ1) is 14.0. The van der Waals surface area contributed by atoms with Crippen LogP contribution in [0.3, 0.4) is 0 Å². The van der Waals surface area contributed by atoms with E-state index in [0.29, 0.717) is 12.2 Å². The molecule has 1 aliphatic heterocycles. The molecule has 29 heavy (non-hydrogen) atoms. The zero-order valence-electron chi connectivity index (χ0n) is 16.7. The third kappa shape index (κ3) is 3.42. The average molecular weight is 389 g/mol. The van der Waals surface area contributed by atoms with Gasteiger partial charge in [0.05, 0.1) is 6.04 Å². The summed E-state index contributed by atoms with van der Waals surface area (Å²) in [5, 5.41) is 3.90. The van der Waals surface area contributed by atoms with Gasteiger partial charge in [0.25, 0.3) is 5.91 Å². The summed E-state index contributed by atoms with van der Waals surface area (Å²) in [6.45, 7) is 5.34. The van der Waals surface area contributed by atoms with Gasteiger partial charge in [-0.3, -0.25) is 9.59 Å². The monoisotopic (exact) mass is 389 g/mol. The van der Waals surface area contributed by atoms with E-state index >= 15 is 0 Å². The van der Waals surface area contributed by atoms with Crippen molar-refractivity contribution in [1.82, 2.24) is 5.16 Å². The number of carbonyl (C=O) groups is 2. The number of aryl methyl sites for hydroxylation is 1. The highest BCUT2D eigenvalue weighted by atomic mass is 16.5. The summed E-state index contributed by atoms with van der Waals surface area (Å²) in [5.41, 5.74) is 2.87. The van der Waals surface area contributed by atoms with Crippen LogP contribution in [-0.4, -0.2) is 23.0 Å². The molecular weight excluding hydrogens is 366 g/mol. The first-order valence-corrected chi connectivity index (χ1v) is 9.68. The predicted molar refractivity (Wildman–Crippen MR) is 111 cm³/mol. The number of nitrogens with zero attached hydrogens (tertiary/aromatic N) is 3. The molecule has 0 N–H and O–H groups in total. The third-order valence-corrected chi connectivity index (χ3v) is 5.31. The minimum Gasteiger partial charge on any atom is -0.361 e. The number of hydrogen-bond acceptors (Lipinski definition) is 4. The van der Waals surface area contributed by atoms with Crippen LogP contribution >= 0.6 is 0 Å². The fourth-order valence-electron chi connectivity index (χ4n) is 4.10. The Labute approximate surface area is 169 Å². The van der Waals surface area contributed by atoms with Crippen LogP contribution in [0.1, 0.15) is 48.1 Å². The molecule has 3 aromatic rings. The minimum absolute atomic E-state index is 0.0323. The largest absolute Gasteiger partial charge is 0.361 e. The summed E-state index contributed by atoms with van der Waals surface area (Å²) in [7, 11) is 0. The van der Waals surface area contributed by atoms with Crippen LogP contribution in [0.2, 0.25) is 0 Å². The molecule has 6 heteroatoms. The maximum Gasteiger partial charge on any atom is 0.280 e. The number of carbonyl (C=O) groups excluding carboxylic acids is 2. The van der Waals surface area contributed by atoms with Crippen LogP contribution in [0.5, 0.6) is 0 Å². The van der Waals surface area contributed by atoms with Gasteiger partial charge in [-0.05, 0) is 44.0 Å². The Morgan fingerprint density at radius 2 is 1.79 bits per heavy atom. The fraction of sp³-hybridized carbons (Fsp3) is 0.261. The Kier molecular flexibility index (Phi) is 4.92. The maximum atomic E-state index is 13.2. The highest BCUT2D eigenvalue weighted by Gasteiger charge is 2.38. The van der Waals surface area contributed by atoms with Crippen LogP contribution in [0.15, 0.2) is 65.2 Å². The van der Waals surface area contributed by atoms with E-state index in [1.54, 1.807) is 24.8 Å². The molecule has 1 aliphatic rings. The van der Waals surface area contributed by atoms with Crippen molar-refractivity contribution < 1.29 is 14.1 Å². The number of rotatable bonds is 3. The molecule has 0 bridgehead atoms. The molecule has 0 radical (unpaired) electrons. The highest BCUT2D eigenvalue weighted by Crippen LogP contribution is 2.42. The molecule has 1 aromatic heterocycles. The van der Waals surface area contributed by atoms with Crippen molar-refractivity contribution in [2.45, 2.75) is 39.3 Å². The second-order valence-corrected chi connectivity index (χ2v) is 7.38. The molecule has 6 nitrogen and oxygen atoms in total. The topological polar surface area (TPSA) is 66.7 Å².